The Kier molecular flexibility index (Phi) is 11.8. The minimum Gasteiger partial charge on any atom is -0.491 e. The first kappa shape index (κ1) is 25.0. The number of aryl methyl sites for hydroxylation is 1. The van der Waals surface area contributed by atoms with E-state index < -0.39 is 6.10 Å². The van der Waals surface area contributed by atoms with Crippen LogP contribution >= 0.6 is 24.0 Å². The summed E-state index contributed by atoms with van der Waals surface area (Å²) < 4.78 is 11.5. The molecule has 0 saturated heterocycles. The Labute approximate surface area is 186 Å². The van der Waals surface area contributed by atoms with Gasteiger partial charge in [-0.15, -0.1) is 24.0 Å². The Bertz CT molecular complexity index is 607. The first-order valence-electron chi connectivity index (χ1n) is 10.0. The molecule has 0 heterocycles. The van der Waals surface area contributed by atoms with Crippen molar-refractivity contribution in [2.24, 2.45) is 10.9 Å². The van der Waals surface area contributed by atoms with Gasteiger partial charge in [-0.25, -0.2) is 4.99 Å². The highest BCUT2D eigenvalue weighted by Gasteiger charge is 2.21. The van der Waals surface area contributed by atoms with Gasteiger partial charge in [-0.05, 0) is 58.1 Å². The second-order valence-electron chi connectivity index (χ2n) is 7.49. The Hall–Kier alpha value is -1.06. The van der Waals surface area contributed by atoms with Crippen molar-refractivity contribution in [1.29, 1.82) is 0 Å². The van der Waals surface area contributed by atoms with Crippen LogP contribution in [0, 0.1) is 12.8 Å². The molecule has 1 saturated carbocycles. The van der Waals surface area contributed by atoms with Crippen LogP contribution < -0.4 is 15.4 Å². The zero-order chi connectivity index (χ0) is 19.6. The molecule has 6 nitrogen and oxygen atoms in total. The predicted octanol–water partition coefficient (Wildman–Crippen LogP) is 3.24. The lowest BCUT2D eigenvalue weighted by Crippen LogP contribution is -2.42. The highest BCUT2D eigenvalue weighted by molar-refractivity contribution is 14.0. The van der Waals surface area contributed by atoms with Gasteiger partial charge in [-0.1, -0.05) is 12.1 Å². The monoisotopic (exact) mass is 505 g/mol. The van der Waals surface area contributed by atoms with Crippen molar-refractivity contribution in [3.05, 3.63) is 29.3 Å². The number of nitrogens with one attached hydrogen (secondary N) is 2. The van der Waals surface area contributed by atoms with Crippen LogP contribution in [0.5, 0.6) is 5.75 Å². The summed E-state index contributed by atoms with van der Waals surface area (Å²) in [5, 5.41) is 16.5. The Morgan fingerprint density at radius 3 is 2.68 bits per heavy atom. The fourth-order valence-corrected chi connectivity index (χ4v) is 2.59. The van der Waals surface area contributed by atoms with E-state index >= 15 is 0 Å². The summed E-state index contributed by atoms with van der Waals surface area (Å²) in [5.74, 6) is 2.26. The molecule has 1 aromatic carbocycles. The SMILES string of the molecule is CCNC(=NCc1ccc(C)cc1OC(C)C)NCC(O)COCC1CC1.I. The fourth-order valence-electron chi connectivity index (χ4n) is 2.59. The van der Waals surface area contributed by atoms with Gasteiger partial charge in [0.15, 0.2) is 5.96 Å². The molecule has 0 amide bonds. The summed E-state index contributed by atoms with van der Waals surface area (Å²) in [6.07, 6.45) is 2.08. The molecule has 160 valence electrons. The van der Waals surface area contributed by atoms with Crippen LogP contribution in [0.25, 0.3) is 0 Å². The molecule has 1 aromatic rings. The number of aliphatic imine (C=N–C) groups is 1. The number of aliphatic hydroxyl groups excluding tert-OH is 1. The molecule has 2 rings (SSSR count). The molecule has 7 heteroatoms. The van der Waals surface area contributed by atoms with E-state index in [1.165, 1.54) is 12.8 Å². The Morgan fingerprint density at radius 1 is 1.29 bits per heavy atom. The van der Waals surface area contributed by atoms with E-state index in [0.29, 0.717) is 31.6 Å². The van der Waals surface area contributed by atoms with E-state index in [2.05, 4.69) is 34.7 Å². The van der Waals surface area contributed by atoms with Gasteiger partial charge in [0, 0.05) is 25.3 Å². The van der Waals surface area contributed by atoms with E-state index in [0.717, 1.165) is 30.0 Å². The van der Waals surface area contributed by atoms with Gasteiger partial charge in [-0.3, -0.25) is 0 Å². The molecule has 1 atom stereocenters. The molecule has 1 aliphatic carbocycles. The molecular weight excluding hydrogens is 469 g/mol. The highest BCUT2D eigenvalue weighted by Crippen LogP contribution is 2.28. The summed E-state index contributed by atoms with van der Waals surface area (Å²) in [7, 11) is 0. The number of ether oxygens (including phenoxy) is 2. The Balaban J connectivity index is 0.00000392. The summed E-state index contributed by atoms with van der Waals surface area (Å²) >= 11 is 0. The first-order chi connectivity index (χ1) is 13.0. The molecule has 0 spiro atoms. The van der Waals surface area contributed by atoms with Crippen molar-refractivity contribution >= 4 is 29.9 Å². The first-order valence-corrected chi connectivity index (χ1v) is 10.0. The van der Waals surface area contributed by atoms with Crippen LogP contribution in [-0.4, -0.2) is 49.6 Å². The third-order valence-corrected chi connectivity index (χ3v) is 4.20. The average Bonchev–Trinajstić information content (AvgIpc) is 3.42. The van der Waals surface area contributed by atoms with Crippen LogP contribution in [0.4, 0.5) is 0 Å². The topological polar surface area (TPSA) is 75.1 Å². The maximum Gasteiger partial charge on any atom is 0.191 e. The molecule has 0 radical (unpaired) electrons. The van der Waals surface area contributed by atoms with Crippen molar-refractivity contribution in [3.63, 3.8) is 0 Å². The zero-order valence-electron chi connectivity index (χ0n) is 17.5. The number of hydrogen-bond donors (Lipinski definition) is 3. The number of halogens is 1. The minimum atomic E-state index is -0.549. The van der Waals surface area contributed by atoms with Gasteiger partial charge in [0.05, 0.1) is 25.4 Å². The normalized spacial score (nSPS) is 15.1. The maximum absolute atomic E-state index is 10.1. The van der Waals surface area contributed by atoms with Gasteiger partial charge in [0.25, 0.3) is 0 Å². The van der Waals surface area contributed by atoms with Crippen molar-refractivity contribution in [2.75, 3.05) is 26.3 Å². The lowest BCUT2D eigenvalue weighted by molar-refractivity contribution is 0.0345. The lowest BCUT2D eigenvalue weighted by Gasteiger charge is -2.17. The number of hydrogen-bond acceptors (Lipinski definition) is 4. The van der Waals surface area contributed by atoms with E-state index in [-0.39, 0.29) is 30.1 Å². The third-order valence-electron chi connectivity index (χ3n) is 4.20. The lowest BCUT2D eigenvalue weighted by atomic mass is 10.1. The van der Waals surface area contributed by atoms with Crippen molar-refractivity contribution < 1.29 is 14.6 Å². The zero-order valence-corrected chi connectivity index (χ0v) is 19.9. The molecule has 0 bridgehead atoms. The van der Waals surface area contributed by atoms with Crippen molar-refractivity contribution in [1.82, 2.24) is 10.6 Å². The molecule has 3 N–H and O–H groups in total. The van der Waals surface area contributed by atoms with Crippen LogP contribution in [0.15, 0.2) is 23.2 Å². The third kappa shape index (κ3) is 9.93. The van der Waals surface area contributed by atoms with Gasteiger partial charge in [-0.2, -0.15) is 0 Å². The molecular formula is C21H36IN3O3. The largest absolute Gasteiger partial charge is 0.491 e. The highest BCUT2D eigenvalue weighted by atomic mass is 127. The molecule has 0 aliphatic heterocycles. The fraction of sp³-hybridized carbons (Fsp3) is 0.667. The van der Waals surface area contributed by atoms with Gasteiger partial charge < -0.3 is 25.2 Å². The number of aliphatic hydroxyl groups is 1. The van der Waals surface area contributed by atoms with Crippen molar-refractivity contribution in [3.8, 4) is 5.75 Å². The van der Waals surface area contributed by atoms with E-state index in [9.17, 15) is 5.11 Å². The second kappa shape index (κ2) is 13.2. The van der Waals surface area contributed by atoms with Gasteiger partial charge in [0.1, 0.15) is 5.75 Å². The number of rotatable bonds is 11. The summed E-state index contributed by atoms with van der Waals surface area (Å²) in [6.45, 7) is 10.9. The maximum atomic E-state index is 10.1. The molecule has 1 unspecified atom stereocenters. The van der Waals surface area contributed by atoms with Gasteiger partial charge in [0.2, 0.25) is 0 Å². The number of benzene rings is 1. The van der Waals surface area contributed by atoms with Crippen LogP contribution in [0.1, 0.15) is 44.7 Å². The molecule has 0 aromatic heterocycles. The molecule has 1 aliphatic rings. The molecule has 28 heavy (non-hydrogen) atoms. The number of nitrogens with zero attached hydrogens (tertiary/aromatic N) is 1. The van der Waals surface area contributed by atoms with Crippen molar-refractivity contribution in [2.45, 2.75) is 59.3 Å². The van der Waals surface area contributed by atoms with E-state index in [1.807, 2.05) is 26.8 Å². The Morgan fingerprint density at radius 2 is 2.04 bits per heavy atom. The second-order valence-corrected chi connectivity index (χ2v) is 7.49. The van der Waals surface area contributed by atoms with E-state index in [1.54, 1.807) is 0 Å². The summed E-state index contributed by atoms with van der Waals surface area (Å²) in [5.41, 5.74) is 2.21. The van der Waals surface area contributed by atoms with Gasteiger partial charge >= 0.3 is 0 Å². The van der Waals surface area contributed by atoms with E-state index in [4.69, 9.17) is 9.47 Å². The van der Waals surface area contributed by atoms with Crippen LogP contribution in [0.3, 0.4) is 0 Å². The molecule has 1 fully saturated rings. The van der Waals surface area contributed by atoms with Crippen LogP contribution in [-0.2, 0) is 11.3 Å². The minimum absolute atomic E-state index is 0. The number of guanidine groups is 1. The quantitative estimate of drug-likeness (QED) is 0.245. The average molecular weight is 505 g/mol. The predicted molar refractivity (Wildman–Crippen MR) is 125 cm³/mol. The van der Waals surface area contributed by atoms with Crippen LogP contribution in [0.2, 0.25) is 0 Å². The summed E-state index contributed by atoms with van der Waals surface area (Å²) in [6, 6.07) is 6.17. The standard InChI is InChI=1S/C21H35N3O3.HI/c1-5-22-21(24-12-19(25)14-26-13-17-7-8-17)23-11-18-9-6-16(4)10-20(18)27-15(2)3;/h6,9-10,15,17,19,25H,5,7-8,11-14H2,1-4H3,(H2,22,23,24);1H. The smallest absolute Gasteiger partial charge is 0.191 e. The summed E-state index contributed by atoms with van der Waals surface area (Å²) in [4.78, 5) is 4.63.